The third kappa shape index (κ3) is 5.03. The minimum Gasteiger partial charge on any atom is -0.358 e. The predicted octanol–water partition coefficient (Wildman–Crippen LogP) is 12.3. The molecule has 1 aromatic heterocycles. The van der Waals surface area contributed by atoms with E-state index in [4.69, 9.17) is 9.97 Å². The molecule has 0 bridgehead atoms. The first-order valence-electron chi connectivity index (χ1n) is 18.5. The van der Waals surface area contributed by atoms with E-state index in [2.05, 4.69) is 165 Å². The van der Waals surface area contributed by atoms with Crippen molar-refractivity contribution in [2.75, 3.05) is 5.32 Å². The number of nitrogens with zero attached hydrogens (tertiary/aromatic N) is 2. The fourth-order valence-electron chi connectivity index (χ4n) is 8.70. The molecule has 4 aliphatic rings. The van der Waals surface area contributed by atoms with Crippen LogP contribution in [0.1, 0.15) is 66.6 Å². The summed E-state index contributed by atoms with van der Waals surface area (Å²) in [5.41, 5.74) is 18.6. The Hall–Kier alpha value is -6.06. The maximum Gasteiger partial charge on any atom is 0.136 e. The lowest BCUT2D eigenvalue weighted by Crippen LogP contribution is -2.15. The first-order valence-corrected chi connectivity index (χ1v) is 18.5. The molecule has 2 heterocycles. The molecule has 1 aliphatic heterocycles. The second-order valence-electron chi connectivity index (χ2n) is 15.0. The predicted molar refractivity (Wildman–Crippen MR) is 215 cm³/mol. The van der Waals surface area contributed by atoms with Gasteiger partial charge in [-0.15, -0.1) is 0 Å². The van der Waals surface area contributed by atoms with Crippen LogP contribution >= 0.6 is 0 Å². The zero-order valence-corrected chi connectivity index (χ0v) is 29.5. The van der Waals surface area contributed by atoms with Crippen molar-refractivity contribution in [1.29, 1.82) is 0 Å². The van der Waals surface area contributed by atoms with E-state index >= 15 is 0 Å². The molecule has 0 spiro atoms. The number of hydrogen-bond acceptors (Lipinski definition) is 3. The lowest BCUT2D eigenvalue weighted by atomic mass is 9.81. The molecule has 52 heavy (non-hydrogen) atoms. The van der Waals surface area contributed by atoms with E-state index < -0.39 is 0 Å². The van der Waals surface area contributed by atoms with Crippen molar-refractivity contribution < 1.29 is 0 Å². The van der Waals surface area contributed by atoms with Crippen LogP contribution in [0.2, 0.25) is 0 Å². The van der Waals surface area contributed by atoms with Crippen LogP contribution in [0.3, 0.4) is 0 Å². The number of nitrogens with one attached hydrogen (secondary N) is 1. The van der Waals surface area contributed by atoms with Crippen LogP contribution in [0.5, 0.6) is 0 Å². The van der Waals surface area contributed by atoms with Crippen molar-refractivity contribution in [3.63, 3.8) is 0 Å². The molecule has 6 aromatic rings. The Morgan fingerprint density at radius 2 is 1.37 bits per heavy atom. The Bertz CT molecular complexity index is 2460. The highest BCUT2D eigenvalue weighted by atomic mass is 14.9. The van der Waals surface area contributed by atoms with Crippen LogP contribution in [0, 0.1) is 0 Å². The second kappa shape index (κ2) is 12.0. The van der Waals surface area contributed by atoms with Crippen LogP contribution < -0.4 is 5.32 Å². The summed E-state index contributed by atoms with van der Waals surface area (Å²) in [7, 11) is 0. The summed E-state index contributed by atoms with van der Waals surface area (Å²) < 4.78 is 0. The highest BCUT2D eigenvalue weighted by Gasteiger charge is 2.40. The molecular formula is C49H39N3. The van der Waals surface area contributed by atoms with E-state index in [1.807, 2.05) is 12.1 Å². The van der Waals surface area contributed by atoms with Gasteiger partial charge in [0.25, 0.3) is 0 Å². The number of anilines is 1. The minimum absolute atomic E-state index is 0.0840. The van der Waals surface area contributed by atoms with Crippen molar-refractivity contribution >= 4 is 11.3 Å². The van der Waals surface area contributed by atoms with E-state index in [9.17, 15) is 0 Å². The van der Waals surface area contributed by atoms with Gasteiger partial charge in [0.1, 0.15) is 5.82 Å². The summed E-state index contributed by atoms with van der Waals surface area (Å²) in [5.74, 6) is 1.40. The molecule has 2 unspecified atom stereocenters. The number of benzene rings is 5. The van der Waals surface area contributed by atoms with E-state index in [1.165, 1.54) is 61.5 Å². The molecule has 3 aliphatic carbocycles. The van der Waals surface area contributed by atoms with Gasteiger partial charge in [0.15, 0.2) is 0 Å². The average molecular weight is 670 g/mol. The first kappa shape index (κ1) is 30.7. The van der Waals surface area contributed by atoms with Gasteiger partial charge in [-0.3, -0.25) is 0 Å². The summed E-state index contributed by atoms with van der Waals surface area (Å²) >= 11 is 0. The van der Waals surface area contributed by atoms with Crippen LogP contribution in [0.15, 0.2) is 163 Å². The number of hydrogen-bond donors (Lipinski definition) is 1. The topological polar surface area (TPSA) is 37.8 Å². The molecule has 0 radical (unpaired) electrons. The molecule has 1 N–H and O–H groups in total. The third-order valence-electron chi connectivity index (χ3n) is 11.5. The second-order valence-corrected chi connectivity index (χ2v) is 15.0. The van der Waals surface area contributed by atoms with Crippen molar-refractivity contribution in [2.45, 2.75) is 43.9 Å². The van der Waals surface area contributed by atoms with Crippen molar-refractivity contribution in [2.24, 2.45) is 0 Å². The summed E-state index contributed by atoms with van der Waals surface area (Å²) in [4.78, 5) is 10.2. The molecule has 0 saturated heterocycles. The summed E-state index contributed by atoms with van der Waals surface area (Å²) in [6.45, 7) is 4.76. The molecule has 0 fully saturated rings. The van der Waals surface area contributed by atoms with Crippen LogP contribution in [-0.2, 0) is 5.41 Å². The largest absolute Gasteiger partial charge is 0.358 e. The van der Waals surface area contributed by atoms with Gasteiger partial charge in [-0.1, -0.05) is 147 Å². The molecule has 0 amide bonds. The first-order chi connectivity index (χ1) is 25.5. The van der Waals surface area contributed by atoms with Gasteiger partial charge in [0.2, 0.25) is 0 Å². The van der Waals surface area contributed by atoms with E-state index in [0.29, 0.717) is 5.92 Å². The quantitative estimate of drug-likeness (QED) is 0.198. The van der Waals surface area contributed by atoms with E-state index in [1.54, 1.807) is 0 Å². The van der Waals surface area contributed by atoms with Gasteiger partial charge in [-0.25, -0.2) is 9.97 Å². The molecule has 3 nitrogen and oxygen atoms in total. The zero-order valence-electron chi connectivity index (χ0n) is 29.5. The average Bonchev–Trinajstić information content (AvgIpc) is 3.70. The fourth-order valence-corrected chi connectivity index (χ4v) is 8.70. The molecular weight excluding hydrogens is 631 g/mol. The van der Waals surface area contributed by atoms with Gasteiger partial charge in [0, 0.05) is 39.6 Å². The molecule has 2 atom stereocenters. The number of aromatic nitrogens is 2. The Morgan fingerprint density at radius 3 is 2.10 bits per heavy atom. The molecule has 5 aromatic carbocycles. The smallest absolute Gasteiger partial charge is 0.136 e. The number of fused-ring (bicyclic) bond motifs is 7. The summed E-state index contributed by atoms with van der Waals surface area (Å²) in [6.07, 6.45) is 15.5. The Balaban J connectivity index is 0.946. The molecule has 250 valence electrons. The normalized spacial score (nSPS) is 18.8. The third-order valence-corrected chi connectivity index (χ3v) is 11.5. The standard InChI is InChI=1S/C49H39N3/c1-49(2)41-27-26-39-38-18-9-10-19-43(38)50-47(39)46(41)40-25-24-37(29-42(40)49)36-17-11-16-35(28-36)31-20-22-34(23-21-31)48-51-44(32-12-5-3-6-13-32)30-45(52-48)33-14-7-4-8-15-33/h3-17,19-22,24-30,34,38,50H,18,23H2,1-2H3. The van der Waals surface area contributed by atoms with Crippen LogP contribution in [0.4, 0.5) is 5.69 Å². The Kier molecular flexibility index (Phi) is 7.11. The number of allylic oxidation sites excluding steroid dienone is 8. The summed E-state index contributed by atoms with van der Waals surface area (Å²) in [6, 6.07) is 43.8. The fraction of sp³-hybridized carbons (Fsp3) is 0.143. The van der Waals surface area contributed by atoms with Crippen LogP contribution in [-0.4, -0.2) is 9.97 Å². The van der Waals surface area contributed by atoms with E-state index in [0.717, 1.165) is 41.2 Å². The molecule has 0 saturated carbocycles. The minimum atomic E-state index is -0.0840. The maximum absolute atomic E-state index is 5.10. The van der Waals surface area contributed by atoms with Gasteiger partial charge < -0.3 is 5.32 Å². The summed E-state index contributed by atoms with van der Waals surface area (Å²) in [5, 5.41) is 3.83. The Morgan fingerprint density at radius 1 is 0.654 bits per heavy atom. The zero-order chi connectivity index (χ0) is 34.8. The highest BCUT2D eigenvalue weighted by molar-refractivity contribution is 5.95. The number of rotatable bonds is 5. The van der Waals surface area contributed by atoms with E-state index in [-0.39, 0.29) is 11.3 Å². The maximum atomic E-state index is 5.10. The van der Waals surface area contributed by atoms with Gasteiger partial charge in [-0.05, 0) is 81.6 Å². The molecule has 10 rings (SSSR count). The molecule has 3 heteroatoms. The SMILES string of the molecule is CC1(C)c2cc(-c3cccc(C4=CCC(c5nc(-c6ccccc6)cc(-c6ccccc6)n5)C=C4)c3)ccc2-c2c1ccc1c2NC2=CC=CCC21. The Labute approximate surface area is 305 Å². The highest BCUT2D eigenvalue weighted by Crippen LogP contribution is 2.57. The van der Waals surface area contributed by atoms with Gasteiger partial charge >= 0.3 is 0 Å². The van der Waals surface area contributed by atoms with Crippen molar-refractivity contribution in [3.8, 4) is 44.8 Å². The van der Waals surface area contributed by atoms with Gasteiger partial charge in [-0.2, -0.15) is 0 Å². The van der Waals surface area contributed by atoms with Crippen molar-refractivity contribution in [3.05, 3.63) is 192 Å². The van der Waals surface area contributed by atoms with Crippen LogP contribution in [0.25, 0.3) is 50.3 Å². The lowest BCUT2D eigenvalue weighted by Gasteiger charge is -2.22. The monoisotopic (exact) mass is 669 g/mol. The van der Waals surface area contributed by atoms with Gasteiger partial charge in [0.05, 0.1) is 17.1 Å². The van der Waals surface area contributed by atoms with Crippen molar-refractivity contribution in [1.82, 2.24) is 9.97 Å². The lowest BCUT2D eigenvalue weighted by molar-refractivity contribution is 0.660.